The van der Waals surface area contributed by atoms with Crippen LogP contribution in [0.15, 0.2) is 36.2 Å². The summed E-state index contributed by atoms with van der Waals surface area (Å²) in [5.74, 6) is 3.48. The SMILES string of the molecule is Cc1nc2/c(=C\C=C3N(C(C)(C)C)c4nc5ccccc5nc4N3C(C)(C)C)c(C)nn2n1. The molecular weight excluding hydrogens is 412 g/mol. The van der Waals surface area contributed by atoms with E-state index in [9.17, 15) is 0 Å². The number of aromatic nitrogens is 6. The third-order valence-corrected chi connectivity index (χ3v) is 5.73. The number of aryl methyl sites for hydroxylation is 2. The summed E-state index contributed by atoms with van der Waals surface area (Å²) >= 11 is 0. The van der Waals surface area contributed by atoms with Crippen LogP contribution in [0.25, 0.3) is 22.8 Å². The summed E-state index contributed by atoms with van der Waals surface area (Å²) in [6, 6.07) is 8.04. The van der Waals surface area contributed by atoms with E-state index in [1.165, 1.54) is 0 Å². The molecule has 1 aliphatic rings. The van der Waals surface area contributed by atoms with Gasteiger partial charge >= 0.3 is 0 Å². The Morgan fingerprint density at radius 3 is 1.79 bits per heavy atom. The number of allylic oxidation sites excluding steroid dienone is 1. The van der Waals surface area contributed by atoms with Gasteiger partial charge in [0.15, 0.2) is 17.3 Å². The molecule has 0 aliphatic carbocycles. The molecule has 1 aliphatic heterocycles. The van der Waals surface area contributed by atoms with Crippen molar-refractivity contribution in [2.24, 2.45) is 0 Å². The van der Waals surface area contributed by atoms with Crippen molar-refractivity contribution in [1.82, 2.24) is 29.8 Å². The topological polar surface area (TPSA) is 75.3 Å². The molecule has 0 unspecified atom stereocenters. The molecular formula is C25H30N8. The van der Waals surface area contributed by atoms with Crippen molar-refractivity contribution in [1.29, 1.82) is 0 Å². The number of fused-ring (bicyclic) bond motifs is 3. The first-order valence-corrected chi connectivity index (χ1v) is 11.2. The van der Waals surface area contributed by atoms with E-state index in [0.717, 1.165) is 45.0 Å². The molecule has 4 aromatic rings. The van der Waals surface area contributed by atoms with Crippen LogP contribution >= 0.6 is 0 Å². The van der Waals surface area contributed by atoms with Gasteiger partial charge in [-0.1, -0.05) is 12.1 Å². The summed E-state index contributed by atoms with van der Waals surface area (Å²) in [5, 5.41) is 9.85. The molecule has 5 rings (SSSR count). The predicted octanol–water partition coefficient (Wildman–Crippen LogP) is 3.95. The van der Waals surface area contributed by atoms with E-state index in [1.807, 2.05) is 38.1 Å². The van der Waals surface area contributed by atoms with Crippen molar-refractivity contribution in [3.05, 3.63) is 52.9 Å². The standard InChI is InChI=1S/C25H30N8/c1-15-17(21-26-16(2)30-33(21)29-15)13-14-20-31(24(3,4)5)22-23(32(20)25(6,7)8)28-19-12-10-9-11-18(19)27-22/h9-14H,1-8H3/b17-13-. The minimum absolute atomic E-state index is 0.217. The second-order valence-corrected chi connectivity index (χ2v) is 10.5. The third-order valence-electron chi connectivity index (χ3n) is 5.73. The van der Waals surface area contributed by atoms with Gasteiger partial charge in [-0.3, -0.25) is 0 Å². The number of hydrogen-bond acceptors (Lipinski definition) is 7. The number of rotatable bonds is 1. The first-order valence-electron chi connectivity index (χ1n) is 11.2. The van der Waals surface area contributed by atoms with Crippen molar-refractivity contribution in [2.45, 2.75) is 66.5 Å². The van der Waals surface area contributed by atoms with Crippen LogP contribution in [0.4, 0.5) is 11.6 Å². The lowest BCUT2D eigenvalue weighted by molar-refractivity contribution is 0.501. The summed E-state index contributed by atoms with van der Waals surface area (Å²) in [7, 11) is 0. The van der Waals surface area contributed by atoms with E-state index >= 15 is 0 Å². The number of anilines is 2. The van der Waals surface area contributed by atoms with Crippen LogP contribution in [-0.4, -0.2) is 40.9 Å². The van der Waals surface area contributed by atoms with Crippen molar-refractivity contribution in [3.8, 4) is 0 Å². The Kier molecular flexibility index (Phi) is 4.50. The molecule has 1 aromatic carbocycles. The van der Waals surface area contributed by atoms with Gasteiger partial charge in [-0.2, -0.15) is 5.10 Å². The lowest BCUT2D eigenvalue weighted by Crippen LogP contribution is -2.47. The second kappa shape index (κ2) is 6.97. The summed E-state index contributed by atoms with van der Waals surface area (Å²) in [4.78, 5) is 19.3. The number of nitrogens with zero attached hydrogens (tertiary/aromatic N) is 8. The van der Waals surface area contributed by atoms with Crippen LogP contribution in [0.3, 0.4) is 0 Å². The van der Waals surface area contributed by atoms with Crippen LogP contribution in [0.5, 0.6) is 0 Å². The number of para-hydroxylation sites is 2. The average Bonchev–Trinajstić information content (AvgIpc) is 3.31. The lowest BCUT2D eigenvalue weighted by Gasteiger charge is -2.39. The Balaban J connectivity index is 1.79. The Morgan fingerprint density at radius 1 is 0.727 bits per heavy atom. The van der Waals surface area contributed by atoms with Gasteiger partial charge in [-0.15, -0.1) is 9.73 Å². The van der Waals surface area contributed by atoms with Gasteiger partial charge in [0.05, 0.1) is 16.7 Å². The van der Waals surface area contributed by atoms with E-state index < -0.39 is 0 Å². The highest BCUT2D eigenvalue weighted by atomic mass is 15.5. The molecule has 0 radical (unpaired) electrons. The van der Waals surface area contributed by atoms with Crippen LogP contribution in [0, 0.1) is 13.8 Å². The van der Waals surface area contributed by atoms with Gasteiger partial charge in [0.1, 0.15) is 11.6 Å². The number of hydrogen-bond donors (Lipinski definition) is 0. The highest BCUT2D eigenvalue weighted by Gasteiger charge is 2.44. The molecule has 33 heavy (non-hydrogen) atoms. The quantitative estimate of drug-likeness (QED) is 0.442. The smallest absolute Gasteiger partial charge is 0.185 e. The third kappa shape index (κ3) is 3.41. The Hall–Kier alpha value is -3.55. The van der Waals surface area contributed by atoms with Gasteiger partial charge in [0.2, 0.25) is 0 Å². The summed E-state index contributed by atoms with van der Waals surface area (Å²) in [5.41, 5.74) is 3.01. The maximum atomic E-state index is 5.06. The van der Waals surface area contributed by atoms with Gasteiger partial charge in [0, 0.05) is 16.3 Å². The van der Waals surface area contributed by atoms with Crippen LogP contribution in [0.1, 0.15) is 53.1 Å². The van der Waals surface area contributed by atoms with Gasteiger partial charge < -0.3 is 9.80 Å². The van der Waals surface area contributed by atoms with E-state index in [0.29, 0.717) is 5.82 Å². The molecule has 3 aromatic heterocycles. The fraction of sp³-hybridized carbons (Fsp3) is 0.400. The summed E-state index contributed by atoms with van der Waals surface area (Å²) in [6.45, 7) is 17.0. The molecule has 0 spiro atoms. The molecule has 170 valence electrons. The molecule has 0 saturated carbocycles. The zero-order valence-corrected chi connectivity index (χ0v) is 20.5. The molecule has 8 heteroatoms. The average molecular weight is 443 g/mol. The zero-order valence-electron chi connectivity index (χ0n) is 20.5. The molecule has 0 amide bonds. The van der Waals surface area contributed by atoms with Gasteiger partial charge in [-0.25, -0.2) is 15.0 Å². The Labute approximate surface area is 193 Å². The van der Waals surface area contributed by atoms with E-state index in [-0.39, 0.29) is 11.1 Å². The predicted molar refractivity (Wildman–Crippen MR) is 132 cm³/mol. The molecule has 4 heterocycles. The maximum absolute atomic E-state index is 5.06. The number of benzene rings is 1. The minimum atomic E-state index is -0.217. The molecule has 0 N–H and O–H groups in total. The molecule has 0 fully saturated rings. The Morgan fingerprint density at radius 2 is 1.27 bits per heavy atom. The fourth-order valence-electron chi connectivity index (χ4n) is 4.42. The van der Waals surface area contributed by atoms with Crippen molar-refractivity contribution >= 4 is 34.4 Å². The van der Waals surface area contributed by atoms with Crippen molar-refractivity contribution < 1.29 is 0 Å². The highest BCUT2D eigenvalue weighted by Crippen LogP contribution is 2.47. The molecule has 0 atom stereocenters. The minimum Gasteiger partial charge on any atom is -0.304 e. The largest absolute Gasteiger partial charge is 0.304 e. The Bertz CT molecular complexity index is 1400. The van der Waals surface area contributed by atoms with Crippen molar-refractivity contribution in [3.63, 3.8) is 0 Å². The van der Waals surface area contributed by atoms with E-state index in [2.05, 4.69) is 78.7 Å². The van der Waals surface area contributed by atoms with E-state index in [4.69, 9.17) is 9.97 Å². The summed E-state index contributed by atoms with van der Waals surface area (Å²) < 4.78 is 1.61. The zero-order chi connectivity index (χ0) is 23.7. The first-order chi connectivity index (χ1) is 15.4. The first kappa shape index (κ1) is 21.3. The second-order valence-electron chi connectivity index (χ2n) is 10.5. The van der Waals surface area contributed by atoms with Crippen LogP contribution < -0.4 is 15.0 Å². The molecule has 0 bridgehead atoms. The van der Waals surface area contributed by atoms with Crippen LogP contribution in [0.2, 0.25) is 0 Å². The van der Waals surface area contributed by atoms with Gasteiger partial charge in [0.25, 0.3) is 0 Å². The molecule has 0 saturated heterocycles. The van der Waals surface area contributed by atoms with Gasteiger partial charge in [-0.05, 0) is 79.7 Å². The lowest BCUT2D eigenvalue weighted by atomic mass is 10.0. The van der Waals surface area contributed by atoms with Crippen LogP contribution in [-0.2, 0) is 0 Å². The molecule has 8 nitrogen and oxygen atoms in total. The van der Waals surface area contributed by atoms with E-state index in [1.54, 1.807) is 4.63 Å². The normalized spacial score (nSPS) is 15.3. The fourth-order valence-corrected chi connectivity index (χ4v) is 4.42. The van der Waals surface area contributed by atoms with Crippen molar-refractivity contribution in [2.75, 3.05) is 9.80 Å². The monoisotopic (exact) mass is 442 g/mol. The highest BCUT2D eigenvalue weighted by molar-refractivity contribution is 5.87. The maximum Gasteiger partial charge on any atom is 0.185 e. The summed E-state index contributed by atoms with van der Waals surface area (Å²) in [6.07, 6.45) is 4.22.